The lowest BCUT2D eigenvalue weighted by Gasteiger charge is -2.32. The van der Waals surface area contributed by atoms with Crippen LogP contribution in [0.5, 0.6) is 0 Å². The molecule has 21 heavy (non-hydrogen) atoms. The number of rotatable bonds is 2. The van der Waals surface area contributed by atoms with Crippen molar-refractivity contribution in [2.24, 2.45) is 0 Å². The van der Waals surface area contributed by atoms with Crippen LogP contribution in [-0.4, -0.2) is 39.1 Å². The molecule has 1 atom stereocenters. The summed E-state index contributed by atoms with van der Waals surface area (Å²) in [4.78, 5) is 22.2. The van der Waals surface area contributed by atoms with E-state index < -0.39 is 0 Å². The Labute approximate surface area is 122 Å². The zero-order valence-electron chi connectivity index (χ0n) is 11.8. The predicted octanol–water partition coefficient (Wildman–Crippen LogP) is 2.18. The Kier molecular flexibility index (Phi) is 3.81. The third kappa shape index (κ3) is 3.18. The average molecular weight is 287 g/mol. The third-order valence-corrected chi connectivity index (χ3v) is 3.59. The number of nitrogens with one attached hydrogen (secondary N) is 1. The van der Waals surface area contributed by atoms with Crippen molar-refractivity contribution in [2.45, 2.75) is 25.7 Å². The summed E-state index contributed by atoms with van der Waals surface area (Å²) < 4.78 is 5.01. The van der Waals surface area contributed by atoms with Gasteiger partial charge in [0, 0.05) is 37.0 Å². The highest BCUT2D eigenvalue weighted by molar-refractivity contribution is 5.88. The van der Waals surface area contributed by atoms with E-state index in [1.807, 2.05) is 13.0 Å². The summed E-state index contributed by atoms with van der Waals surface area (Å²) >= 11 is 0. The van der Waals surface area contributed by atoms with Gasteiger partial charge < -0.3 is 9.42 Å². The molecule has 3 heterocycles. The smallest absolute Gasteiger partial charge is 0.324 e. The Morgan fingerprint density at radius 3 is 3.14 bits per heavy atom. The highest BCUT2D eigenvalue weighted by Gasteiger charge is 2.26. The Bertz CT molecular complexity index is 613. The first kappa shape index (κ1) is 13.5. The van der Waals surface area contributed by atoms with Crippen molar-refractivity contribution in [2.75, 3.05) is 18.4 Å². The number of hydrogen-bond acceptors (Lipinski definition) is 5. The normalized spacial score (nSPS) is 18.5. The minimum atomic E-state index is -0.162. The largest absolute Gasteiger partial charge is 0.338 e. The number of carbonyl (C=O) groups excluding carboxylic acids is 1. The van der Waals surface area contributed by atoms with Crippen molar-refractivity contribution in [3.05, 3.63) is 36.0 Å². The topological polar surface area (TPSA) is 84.2 Å². The third-order valence-electron chi connectivity index (χ3n) is 3.59. The maximum absolute atomic E-state index is 12.2. The van der Waals surface area contributed by atoms with Crippen molar-refractivity contribution in [3.8, 4) is 0 Å². The zero-order valence-corrected chi connectivity index (χ0v) is 11.8. The number of amides is 2. The van der Waals surface area contributed by atoms with Gasteiger partial charge in [-0.05, 0) is 25.8 Å². The summed E-state index contributed by atoms with van der Waals surface area (Å²) in [7, 11) is 0. The van der Waals surface area contributed by atoms with Gasteiger partial charge in [-0.3, -0.25) is 5.32 Å². The van der Waals surface area contributed by atoms with E-state index in [-0.39, 0.29) is 11.9 Å². The molecule has 0 spiro atoms. The van der Waals surface area contributed by atoms with Crippen LogP contribution < -0.4 is 5.32 Å². The van der Waals surface area contributed by atoms with Gasteiger partial charge in [-0.15, -0.1) is 0 Å². The molecule has 2 aromatic heterocycles. The number of likely N-dealkylation sites (tertiary alicyclic amines) is 1. The number of aryl methyl sites for hydroxylation is 1. The molecular formula is C14H17N5O2. The molecule has 3 rings (SSSR count). The van der Waals surface area contributed by atoms with Gasteiger partial charge in [-0.25, -0.2) is 14.8 Å². The minimum absolute atomic E-state index is 0.162. The quantitative estimate of drug-likeness (QED) is 0.915. The van der Waals surface area contributed by atoms with Gasteiger partial charge in [0.1, 0.15) is 6.33 Å². The molecule has 2 aromatic rings. The second kappa shape index (κ2) is 5.90. The molecule has 1 aliphatic heterocycles. The molecule has 1 unspecified atom stereocenters. The first-order chi connectivity index (χ1) is 10.2. The molecule has 1 fully saturated rings. The van der Waals surface area contributed by atoms with E-state index in [9.17, 15) is 4.79 Å². The van der Waals surface area contributed by atoms with Crippen molar-refractivity contribution in [1.29, 1.82) is 0 Å². The molecule has 1 aliphatic rings. The molecular weight excluding hydrogens is 270 g/mol. The van der Waals surface area contributed by atoms with Crippen molar-refractivity contribution in [3.63, 3.8) is 0 Å². The fourth-order valence-electron chi connectivity index (χ4n) is 2.55. The Hall–Kier alpha value is -2.44. The van der Waals surface area contributed by atoms with Crippen molar-refractivity contribution in [1.82, 2.24) is 20.0 Å². The number of urea groups is 1. The van der Waals surface area contributed by atoms with E-state index >= 15 is 0 Å². The van der Waals surface area contributed by atoms with E-state index in [4.69, 9.17) is 4.52 Å². The molecule has 7 nitrogen and oxygen atoms in total. The molecule has 0 radical (unpaired) electrons. The molecule has 2 amide bonds. The van der Waals surface area contributed by atoms with Gasteiger partial charge in [-0.2, -0.15) is 0 Å². The van der Waals surface area contributed by atoms with Crippen LogP contribution in [0.1, 0.15) is 30.1 Å². The Balaban J connectivity index is 1.64. The highest BCUT2D eigenvalue weighted by Crippen LogP contribution is 2.25. The van der Waals surface area contributed by atoms with Gasteiger partial charge in [-0.1, -0.05) is 5.16 Å². The lowest BCUT2D eigenvalue weighted by atomic mass is 9.95. The number of piperidine rings is 1. The molecule has 7 heteroatoms. The number of nitrogens with zero attached hydrogens (tertiary/aromatic N) is 4. The standard InChI is InChI=1S/C14H17N5O2/c1-10-7-13(21-18-10)17-14(20)19-6-2-3-11(8-19)12-4-5-15-9-16-12/h4-5,7,9,11H,2-3,6,8H2,1H3,(H,17,20). The summed E-state index contributed by atoms with van der Waals surface area (Å²) in [6.45, 7) is 3.20. The maximum Gasteiger partial charge on any atom is 0.324 e. The van der Waals surface area contributed by atoms with E-state index in [1.165, 1.54) is 0 Å². The van der Waals surface area contributed by atoms with Crippen LogP contribution in [-0.2, 0) is 0 Å². The lowest BCUT2D eigenvalue weighted by molar-refractivity contribution is 0.191. The van der Waals surface area contributed by atoms with E-state index in [1.54, 1.807) is 23.5 Å². The first-order valence-corrected chi connectivity index (χ1v) is 6.97. The minimum Gasteiger partial charge on any atom is -0.338 e. The molecule has 1 saturated heterocycles. The van der Waals surface area contributed by atoms with Crippen LogP contribution in [0.3, 0.4) is 0 Å². The zero-order chi connectivity index (χ0) is 14.7. The van der Waals surface area contributed by atoms with Crippen LogP contribution in [0.2, 0.25) is 0 Å². The van der Waals surface area contributed by atoms with Gasteiger partial charge in [0.05, 0.1) is 5.69 Å². The number of carbonyl (C=O) groups is 1. The molecule has 0 saturated carbocycles. The van der Waals surface area contributed by atoms with Crippen molar-refractivity contribution >= 4 is 11.9 Å². The van der Waals surface area contributed by atoms with Crippen molar-refractivity contribution < 1.29 is 9.32 Å². The summed E-state index contributed by atoms with van der Waals surface area (Å²) in [6.07, 6.45) is 5.27. The molecule has 110 valence electrons. The van der Waals surface area contributed by atoms with Crippen LogP contribution in [0, 0.1) is 6.92 Å². The number of anilines is 1. The van der Waals surface area contributed by atoms with E-state index in [2.05, 4.69) is 20.4 Å². The molecule has 1 N–H and O–H groups in total. The second-order valence-electron chi connectivity index (χ2n) is 5.18. The summed E-state index contributed by atoms with van der Waals surface area (Å²) in [6, 6.07) is 3.44. The number of hydrogen-bond donors (Lipinski definition) is 1. The predicted molar refractivity (Wildman–Crippen MR) is 75.8 cm³/mol. The average Bonchev–Trinajstić information content (AvgIpc) is 2.93. The van der Waals surface area contributed by atoms with Crippen LogP contribution >= 0.6 is 0 Å². The molecule has 0 aliphatic carbocycles. The van der Waals surface area contributed by atoms with E-state index in [0.717, 1.165) is 30.8 Å². The fourth-order valence-corrected chi connectivity index (χ4v) is 2.55. The van der Waals surface area contributed by atoms with Gasteiger partial charge in [0.25, 0.3) is 0 Å². The van der Waals surface area contributed by atoms with Crippen LogP contribution in [0.25, 0.3) is 0 Å². The summed E-state index contributed by atoms with van der Waals surface area (Å²) in [5.74, 6) is 0.630. The van der Waals surface area contributed by atoms with Gasteiger partial charge in [0.2, 0.25) is 5.88 Å². The molecule has 0 aromatic carbocycles. The van der Waals surface area contributed by atoms with Crippen LogP contribution in [0.15, 0.2) is 29.2 Å². The lowest BCUT2D eigenvalue weighted by Crippen LogP contribution is -2.41. The van der Waals surface area contributed by atoms with Crippen LogP contribution in [0.4, 0.5) is 10.7 Å². The number of aromatic nitrogens is 3. The summed E-state index contributed by atoms with van der Waals surface area (Å²) in [5, 5.41) is 6.48. The second-order valence-corrected chi connectivity index (χ2v) is 5.18. The maximum atomic E-state index is 12.2. The van der Waals surface area contributed by atoms with Gasteiger partial charge >= 0.3 is 6.03 Å². The monoisotopic (exact) mass is 287 g/mol. The fraction of sp³-hybridized carbons (Fsp3) is 0.429. The first-order valence-electron chi connectivity index (χ1n) is 6.97. The Morgan fingerprint density at radius 2 is 2.43 bits per heavy atom. The molecule has 0 bridgehead atoms. The van der Waals surface area contributed by atoms with Gasteiger partial charge in [0.15, 0.2) is 0 Å². The summed E-state index contributed by atoms with van der Waals surface area (Å²) in [5.41, 5.74) is 1.72. The SMILES string of the molecule is Cc1cc(NC(=O)N2CCCC(c3ccncn3)C2)on1. The Morgan fingerprint density at radius 1 is 1.52 bits per heavy atom. The van der Waals surface area contributed by atoms with E-state index in [0.29, 0.717) is 12.4 Å². The highest BCUT2D eigenvalue weighted by atomic mass is 16.5.